The van der Waals surface area contributed by atoms with Crippen molar-refractivity contribution in [2.24, 2.45) is 0 Å². The Morgan fingerprint density at radius 1 is 1.00 bits per heavy atom. The fourth-order valence-corrected chi connectivity index (χ4v) is 2.80. The van der Waals surface area contributed by atoms with Gasteiger partial charge in [0.2, 0.25) is 4.96 Å². The standard InChI is InChI=1S/C13H8N4S/c1-2-7-11-9(5-1)15-13-17(11)12(16-18-13)10-6-3-4-8-14-10/h1-8H. The maximum absolute atomic E-state index is 4.55. The Labute approximate surface area is 107 Å². The van der Waals surface area contributed by atoms with E-state index < -0.39 is 0 Å². The summed E-state index contributed by atoms with van der Waals surface area (Å²) in [6.45, 7) is 0. The van der Waals surface area contributed by atoms with Gasteiger partial charge in [-0.05, 0) is 24.3 Å². The maximum atomic E-state index is 4.55. The highest BCUT2D eigenvalue weighted by atomic mass is 32.1. The summed E-state index contributed by atoms with van der Waals surface area (Å²) in [6, 6.07) is 13.9. The molecule has 0 unspecified atom stereocenters. The van der Waals surface area contributed by atoms with Crippen molar-refractivity contribution < 1.29 is 0 Å². The van der Waals surface area contributed by atoms with Crippen LogP contribution < -0.4 is 0 Å². The third-order valence-electron chi connectivity index (χ3n) is 2.85. The first kappa shape index (κ1) is 9.73. The van der Waals surface area contributed by atoms with Crippen LogP contribution in [0.4, 0.5) is 0 Å². The van der Waals surface area contributed by atoms with E-state index in [0.717, 1.165) is 27.5 Å². The Morgan fingerprint density at radius 2 is 1.89 bits per heavy atom. The van der Waals surface area contributed by atoms with Gasteiger partial charge in [-0.25, -0.2) is 4.98 Å². The molecule has 0 atom stereocenters. The zero-order valence-corrected chi connectivity index (χ0v) is 10.1. The third-order valence-corrected chi connectivity index (χ3v) is 3.55. The Morgan fingerprint density at radius 3 is 2.78 bits per heavy atom. The lowest BCUT2D eigenvalue weighted by Crippen LogP contribution is -1.89. The van der Waals surface area contributed by atoms with Gasteiger partial charge in [0.15, 0.2) is 5.82 Å². The van der Waals surface area contributed by atoms with E-state index in [0.29, 0.717) is 0 Å². The summed E-state index contributed by atoms with van der Waals surface area (Å²) in [6.07, 6.45) is 1.78. The molecule has 0 radical (unpaired) electrons. The minimum absolute atomic E-state index is 0.851. The van der Waals surface area contributed by atoms with Crippen molar-refractivity contribution in [3.8, 4) is 11.5 Å². The van der Waals surface area contributed by atoms with Crippen LogP contribution in [-0.2, 0) is 0 Å². The SMILES string of the molecule is c1ccc(-c2nsc3nc4ccccc4n23)nc1. The summed E-state index contributed by atoms with van der Waals surface area (Å²) in [5, 5.41) is 0. The molecule has 4 nitrogen and oxygen atoms in total. The number of benzene rings is 1. The monoisotopic (exact) mass is 252 g/mol. The van der Waals surface area contributed by atoms with E-state index >= 15 is 0 Å². The van der Waals surface area contributed by atoms with Gasteiger partial charge in [0, 0.05) is 17.7 Å². The number of imidazole rings is 1. The molecule has 0 aliphatic rings. The van der Waals surface area contributed by atoms with Crippen LogP contribution in [0.3, 0.4) is 0 Å². The number of nitrogens with zero attached hydrogens (tertiary/aromatic N) is 4. The molecule has 1 aromatic carbocycles. The molecule has 0 saturated carbocycles. The molecule has 3 heterocycles. The molecule has 0 spiro atoms. The lowest BCUT2D eigenvalue weighted by Gasteiger charge is -1.97. The van der Waals surface area contributed by atoms with Crippen molar-refractivity contribution in [1.82, 2.24) is 18.7 Å². The number of aromatic nitrogens is 4. The second-order valence-corrected chi connectivity index (χ2v) is 4.67. The van der Waals surface area contributed by atoms with Gasteiger partial charge in [-0.2, -0.15) is 4.37 Å². The molecule has 5 heteroatoms. The molecule has 0 amide bonds. The van der Waals surface area contributed by atoms with Crippen LogP contribution in [-0.4, -0.2) is 18.7 Å². The predicted molar refractivity (Wildman–Crippen MR) is 71.6 cm³/mol. The van der Waals surface area contributed by atoms with Crippen LogP contribution in [0.15, 0.2) is 48.7 Å². The van der Waals surface area contributed by atoms with Crippen LogP contribution in [0.5, 0.6) is 0 Å². The van der Waals surface area contributed by atoms with Gasteiger partial charge in [-0.15, -0.1) is 0 Å². The van der Waals surface area contributed by atoms with Gasteiger partial charge >= 0.3 is 0 Å². The number of hydrogen-bond donors (Lipinski definition) is 0. The zero-order valence-electron chi connectivity index (χ0n) is 9.32. The van der Waals surface area contributed by atoms with E-state index in [1.54, 1.807) is 6.20 Å². The van der Waals surface area contributed by atoms with E-state index in [-0.39, 0.29) is 0 Å². The first-order valence-corrected chi connectivity index (χ1v) is 6.35. The molecular weight excluding hydrogens is 244 g/mol. The summed E-state index contributed by atoms with van der Waals surface area (Å²) in [5.74, 6) is 0.851. The first-order valence-electron chi connectivity index (χ1n) is 5.58. The Hall–Kier alpha value is -2.27. The predicted octanol–water partition coefficient (Wildman–Crippen LogP) is 3.01. The van der Waals surface area contributed by atoms with E-state index in [2.05, 4.69) is 24.8 Å². The second-order valence-electron chi connectivity index (χ2n) is 3.94. The Balaban J connectivity index is 2.13. The van der Waals surface area contributed by atoms with Crippen molar-refractivity contribution in [2.75, 3.05) is 0 Å². The zero-order chi connectivity index (χ0) is 11.9. The fourth-order valence-electron chi connectivity index (χ4n) is 2.05. The molecule has 0 aliphatic heterocycles. The van der Waals surface area contributed by atoms with Crippen molar-refractivity contribution in [2.45, 2.75) is 0 Å². The Kier molecular flexibility index (Phi) is 1.95. The summed E-state index contributed by atoms with van der Waals surface area (Å²) in [7, 11) is 0. The average Bonchev–Trinajstić information content (AvgIpc) is 2.98. The van der Waals surface area contributed by atoms with Crippen molar-refractivity contribution in [3.05, 3.63) is 48.7 Å². The van der Waals surface area contributed by atoms with Gasteiger partial charge in [0.05, 0.1) is 11.0 Å². The normalized spacial score (nSPS) is 11.3. The van der Waals surface area contributed by atoms with Gasteiger partial charge in [0.25, 0.3) is 0 Å². The van der Waals surface area contributed by atoms with Crippen molar-refractivity contribution in [1.29, 1.82) is 0 Å². The molecule has 0 saturated heterocycles. The highest BCUT2D eigenvalue weighted by Gasteiger charge is 2.13. The molecule has 4 aromatic rings. The highest BCUT2D eigenvalue weighted by Crippen LogP contribution is 2.25. The molecule has 0 N–H and O–H groups in total. The van der Waals surface area contributed by atoms with E-state index in [9.17, 15) is 0 Å². The molecule has 0 aliphatic carbocycles. The van der Waals surface area contributed by atoms with Crippen LogP contribution in [0.2, 0.25) is 0 Å². The molecular formula is C13H8N4S. The molecule has 86 valence electrons. The largest absolute Gasteiger partial charge is 0.264 e. The van der Waals surface area contributed by atoms with Crippen LogP contribution in [0.25, 0.3) is 27.5 Å². The molecule has 18 heavy (non-hydrogen) atoms. The van der Waals surface area contributed by atoms with Crippen molar-refractivity contribution >= 4 is 27.5 Å². The summed E-state index contributed by atoms with van der Waals surface area (Å²) in [5.41, 5.74) is 2.93. The van der Waals surface area contributed by atoms with E-state index in [1.807, 2.05) is 36.4 Å². The number of fused-ring (bicyclic) bond motifs is 3. The quantitative estimate of drug-likeness (QED) is 0.523. The number of para-hydroxylation sites is 2. The van der Waals surface area contributed by atoms with Crippen molar-refractivity contribution in [3.63, 3.8) is 0 Å². The fraction of sp³-hybridized carbons (Fsp3) is 0. The molecule has 3 aromatic heterocycles. The van der Waals surface area contributed by atoms with E-state index in [1.165, 1.54) is 11.5 Å². The molecule has 0 fully saturated rings. The first-order chi connectivity index (χ1) is 8.93. The van der Waals surface area contributed by atoms with Crippen LogP contribution >= 0.6 is 11.5 Å². The van der Waals surface area contributed by atoms with Crippen LogP contribution in [0, 0.1) is 0 Å². The Bertz CT molecular complexity index is 832. The summed E-state index contributed by atoms with van der Waals surface area (Å²) < 4.78 is 6.51. The lowest BCUT2D eigenvalue weighted by atomic mass is 10.3. The maximum Gasteiger partial charge on any atom is 0.214 e. The second kappa shape index (κ2) is 3.61. The highest BCUT2D eigenvalue weighted by molar-refractivity contribution is 7.11. The molecule has 0 bridgehead atoms. The summed E-state index contributed by atoms with van der Waals surface area (Å²) in [4.78, 5) is 9.81. The minimum Gasteiger partial charge on any atom is -0.264 e. The van der Waals surface area contributed by atoms with Crippen LogP contribution in [0.1, 0.15) is 0 Å². The van der Waals surface area contributed by atoms with Gasteiger partial charge in [-0.1, -0.05) is 18.2 Å². The number of rotatable bonds is 1. The van der Waals surface area contributed by atoms with Gasteiger partial charge < -0.3 is 0 Å². The topological polar surface area (TPSA) is 43.1 Å². The smallest absolute Gasteiger partial charge is 0.214 e. The van der Waals surface area contributed by atoms with E-state index in [4.69, 9.17) is 0 Å². The molecule has 4 rings (SSSR count). The third kappa shape index (κ3) is 1.28. The number of pyridine rings is 1. The average molecular weight is 252 g/mol. The summed E-state index contributed by atoms with van der Waals surface area (Å²) >= 11 is 1.40. The van der Waals surface area contributed by atoms with Gasteiger partial charge in [0.1, 0.15) is 5.69 Å². The lowest BCUT2D eigenvalue weighted by molar-refractivity contribution is 1.18. The minimum atomic E-state index is 0.851. The number of hydrogen-bond acceptors (Lipinski definition) is 4. The van der Waals surface area contributed by atoms with Gasteiger partial charge in [-0.3, -0.25) is 9.38 Å².